The smallest absolute Gasteiger partial charge is 0.0738 e. The first-order valence-corrected chi connectivity index (χ1v) is 5.76. The normalized spacial score (nSPS) is 11.0. The van der Waals surface area contributed by atoms with E-state index in [1.54, 1.807) is 0 Å². The van der Waals surface area contributed by atoms with Crippen LogP contribution in [0.5, 0.6) is 0 Å². The van der Waals surface area contributed by atoms with Crippen LogP contribution in [0.1, 0.15) is 16.8 Å². The highest BCUT2D eigenvalue weighted by molar-refractivity contribution is 6.31. The zero-order valence-electron chi connectivity index (χ0n) is 9.55. The van der Waals surface area contributed by atoms with Gasteiger partial charge in [0, 0.05) is 16.1 Å². The minimum absolute atomic E-state index is 0.643. The highest BCUT2D eigenvalue weighted by Gasteiger charge is 2.07. The molecule has 2 N–H and O–H groups in total. The van der Waals surface area contributed by atoms with Crippen LogP contribution < -0.4 is 5.73 Å². The standard InChI is InChI=1S/C13H15ClN2/c1-8-5-11(14)7-12-10(3-4-15)6-9(2)16-13(8)12/h5-7H,3-4,15H2,1-2H3. The second kappa shape index (κ2) is 4.40. The highest BCUT2D eigenvalue weighted by atomic mass is 35.5. The first-order valence-electron chi connectivity index (χ1n) is 5.38. The van der Waals surface area contributed by atoms with Crippen molar-refractivity contribution in [1.82, 2.24) is 4.98 Å². The lowest BCUT2D eigenvalue weighted by atomic mass is 10.0. The van der Waals surface area contributed by atoms with E-state index < -0.39 is 0 Å². The second-order valence-corrected chi connectivity index (χ2v) is 4.52. The van der Waals surface area contributed by atoms with Crippen LogP contribution in [0.15, 0.2) is 18.2 Å². The van der Waals surface area contributed by atoms with Crippen LogP contribution in [0.4, 0.5) is 0 Å². The summed E-state index contributed by atoms with van der Waals surface area (Å²) in [7, 11) is 0. The summed E-state index contributed by atoms with van der Waals surface area (Å²) in [4.78, 5) is 4.56. The largest absolute Gasteiger partial charge is 0.330 e. The van der Waals surface area contributed by atoms with Crippen molar-refractivity contribution in [2.45, 2.75) is 20.3 Å². The van der Waals surface area contributed by atoms with Gasteiger partial charge in [0.1, 0.15) is 0 Å². The van der Waals surface area contributed by atoms with Crippen molar-refractivity contribution < 1.29 is 0 Å². The third kappa shape index (κ3) is 2.04. The molecule has 0 amide bonds. The summed E-state index contributed by atoms with van der Waals surface area (Å²) in [5, 5.41) is 1.88. The van der Waals surface area contributed by atoms with Gasteiger partial charge in [-0.2, -0.15) is 0 Å². The van der Waals surface area contributed by atoms with Crippen molar-refractivity contribution >= 4 is 22.5 Å². The van der Waals surface area contributed by atoms with E-state index in [0.29, 0.717) is 6.54 Å². The molecule has 3 heteroatoms. The number of fused-ring (bicyclic) bond motifs is 1. The predicted octanol–water partition coefficient (Wildman–Crippen LogP) is 3.01. The Morgan fingerprint density at radius 3 is 2.69 bits per heavy atom. The summed E-state index contributed by atoms with van der Waals surface area (Å²) >= 11 is 6.08. The minimum atomic E-state index is 0.643. The monoisotopic (exact) mass is 234 g/mol. The summed E-state index contributed by atoms with van der Waals surface area (Å²) in [6.45, 7) is 4.69. The number of benzene rings is 1. The van der Waals surface area contributed by atoms with Crippen LogP contribution in [0.2, 0.25) is 5.02 Å². The molecule has 0 saturated carbocycles. The fourth-order valence-electron chi connectivity index (χ4n) is 2.03. The third-order valence-electron chi connectivity index (χ3n) is 2.70. The fraction of sp³-hybridized carbons (Fsp3) is 0.308. The van der Waals surface area contributed by atoms with E-state index in [1.807, 2.05) is 26.0 Å². The lowest BCUT2D eigenvalue weighted by molar-refractivity contribution is 0.971. The molecule has 2 rings (SSSR count). The maximum absolute atomic E-state index is 6.08. The number of hydrogen-bond donors (Lipinski definition) is 1. The van der Waals surface area contributed by atoms with Gasteiger partial charge in [0.25, 0.3) is 0 Å². The number of nitrogens with zero attached hydrogens (tertiary/aromatic N) is 1. The topological polar surface area (TPSA) is 38.9 Å². The van der Waals surface area contributed by atoms with E-state index in [-0.39, 0.29) is 0 Å². The molecule has 1 heterocycles. The summed E-state index contributed by atoms with van der Waals surface area (Å²) in [6.07, 6.45) is 0.861. The number of hydrogen-bond acceptors (Lipinski definition) is 2. The Morgan fingerprint density at radius 1 is 1.25 bits per heavy atom. The van der Waals surface area contributed by atoms with Gasteiger partial charge in [-0.25, -0.2) is 0 Å². The maximum Gasteiger partial charge on any atom is 0.0738 e. The number of aryl methyl sites for hydroxylation is 2. The van der Waals surface area contributed by atoms with Crippen LogP contribution in [0.25, 0.3) is 10.9 Å². The molecule has 0 saturated heterocycles. The molecule has 0 aliphatic heterocycles. The molecule has 16 heavy (non-hydrogen) atoms. The molecule has 0 unspecified atom stereocenters. The van der Waals surface area contributed by atoms with Gasteiger partial charge in [0.2, 0.25) is 0 Å². The first kappa shape index (κ1) is 11.4. The van der Waals surface area contributed by atoms with E-state index >= 15 is 0 Å². The van der Waals surface area contributed by atoms with E-state index in [1.165, 1.54) is 5.56 Å². The number of aromatic nitrogens is 1. The number of rotatable bonds is 2. The van der Waals surface area contributed by atoms with Gasteiger partial charge in [-0.05, 0) is 56.1 Å². The molecule has 0 spiro atoms. The highest BCUT2D eigenvalue weighted by Crippen LogP contribution is 2.25. The number of pyridine rings is 1. The Bertz CT molecular complexity index is 535. The molecular weight excluding hydrogens is 220 g/mol. The summed E-state index contributed by atoms with van der Waals surface area (Å²) in [6, 6.07) is 6.01. The molecule has 0 aliphatic carbocycles. The van der Waals surface area contributed by atoms with Crippen LogP contribution in [-0.4, -0.2) is 11.5 Å². The molecule has 2 nitrogen and oxygen atoms in total. The molecule has 0 aliphatic rings. The van der Waals surface area contributed by atoms with Crippen molar-refractivity contribution in [3.8, 4) is 0 Å². The predicted molar refractivity (Wildman–Crippen MR) is 69.0 cm³/mol. The third-order valence-corrected chi connectivity index (χ3v) is 2.91. The minimum Gasteiger partial charge on any atom is -0.330 e. The molecule has 84 valence electrons. The Morgan fingerprint density at radius 2 is 2.00 bits per heavy atom. The molecule has 0 fully saturated rings. The molecule has 2 aromatic rings. The van der Waals surface area contributed by atoms with E-state index in [0.717, 1.165) is 33.6 Å². The summed E-state index contributed by atoms with van der Waals surface area (Å²) in [5.41, 5.74) is 10.0. The average Bonchev–Trinajstić information content (AvgIpc) is 2.20. The lowest BCUT2D eigenvalue weighted by Crippen LogP contribution is -2.04. The molecule has 0 radical (unpaired) electrons. The van der Waals surface area contributed by atoms with Gasteiger partial charge in [-0.15, -0.1) is 0 Å². The lowest BCUT2D eigenvalue weighted by Gasteiger charge is -2.09. The average molecular weight is 235 g/mol. The molecule has 0 bridgehead atoms. The van der Waals surface area contributed by atoms with Crippen LogP contribution in [0, 0.1) is 13.8 Å². The second-order valence-electron chi connectivity index (χ2n) is 4.08. The number of nitrogens with two attached hydrogens (primary N) is 1. The zero-order valence-corrected chi connectivity index (χ0v) is 10.3. The van der Waals surface area contributed by atoms with Crippen molar-refractivity contribution in [1.29, 1.82) is 0 Å². The number of halogens is 1. The Kier molecular flexibility index (Phi) is 3.13. The first-order chi connectivity index (χ1) is 7.61. The Hall–Kier alpha value is -1.12. The maximum atomic E-state index is 6.08. The van der Waals surface area contributed by atoms with Gasteiger partial charge >= 0.3 is 0 Å². The molecule has 1 aromatic carbocycles. The quantitative estimate of drug-likeness (QED) is 0.868. The fourth-order valence-corrected chi connectivity index (χ4v) is 2.30. The van der Waals surface area contributed by atoms with Gasteiger partial charge < -0.3 is 5.73 Å². The zero-order chi connectivity index (χ0) is 11.7. The van der Waals surface area contributed by atoms with Crippen LogP contribution in [-0.2, 0) is 6.42 Å². The molecule has 1 aromatic heterocycles. The van der Waals surface area contributed by atoms with E-state index in [4.69, 9.17) is 17.3 Å². The Labute approximate surface area is 100 Å². The SMILES string of the molecule is Cc1cc(CCN)c2cc(Cl)cc(C)c2n1. The van der Waals surface area contributed by atoms with Gasteiger partial charge in [0.05, 0.1) is 5.52 Å². The van der Waals surface area contributed by atoms with Gasteiger partial charge in [-0.1, -0.05) is 11.6 Å². The van der Waals surface area contributed by atoms with E-state index in [9.17, 15) is 0 Å². The van der Waals surface area contributed by atoms with Crippen molar-refractivity contribution in [2.75, 3.05) is 6.54 Å². The van der Waals surface area contributed by atoms with Gasteiger partial charge in [0.15, 0.2) is 0 Å². The van der Waals surface area contributed by atoms with E-state index in [2.05, 4.69) is 11.1 Å². The van der Waals surface area contributed by atoms with Crippen LogP contribution in [0.3, 0.4) is 0 Å². The van der Waals surface area contributed by atoms with Crippen molar-refractivity contribution in [3.05, 3.63) is 40.0 Å². The van der Waals surface area contributed by atoms with Crippen molar-refractivity contribution in [2.24, 2.45) is 5.73 Å². The molecule has 0 atom stereocenters. The summed E-state index contributed by atoms with van der Waals surface area (Å²) < 4.78 is 0. The van der Waals surface area contributed by atoms with Gasteiger partial charge in [-0.3, -0.25) is 4.98 Å². The Balaban J connectivity index is 2.78. The molecular formula is C13H15ClN2. The van der Waals surface area contributed by atoms with Crippen LogP contribution >= 0.6 is 11.6 Å². The summed E-state index contributed by atoms with van der Waals surface area (Å²) in [5.74, 6) is 0. The van der Waals surface area contributed by atoms with Crippen molar-refractivity contribution in [3.63, 3.8) is 0 Å².